The van der Waals surface area contributed by atoms with Gasteiger partial charge < -0.3 is 5.32 Å². The van der Waals surface area contributed by atoms with Gasteiger partial charge in [-0.05, 0) is 12.0 Å². The second-order valence-corrected chi connectivity index (χ2v) is 4.66. The van der Waals surface area contributed by atoms with Gasteiger partial charge in [0.15, 0.2) is 0 Å². The molecule has 1 aromatic carbocycles. The smallest absolute Gasteiger partial charge is 0.328 e. The molecule has 0 saturated heterocycles. The summed E-state index contributed by atoms with van der Waals surface area (Å²) in [6, 6.07) is 9.68. The highest BCUT2D eigenvalue weighted by molar-refractivity contribution is 5.75. The van der Waals surface area contributed by atoms with E-state index >= 15 is 0 Å². The van der Waals surface area contributed by atoms with Crippen LogP contribution in [0.2, 0.25) is 0 Å². The van der Waals surface area contributed by atoms with Gasteiger partial charge in [-0.3, -0.25) is 13.9 Å². The third-order valence-corrected chi connectivity index (χ3v) is 3.03. The van der Waals surface area contributed by atoms with E-state index in [-0.39, 0.29) is 18.1 Å². The molecule has 5 heteroatoms. The molecule has 0 aliphatic rings. The lowest BCUT2D eigenvalue weighted by Gasteiger charge is -2.05. The van der Waals surface area contributed by atoms with Crippen LogP contribution in [0.3, 0.4) is 0 Å². The molecule has 0 spiro atoms. The molecule has 20 heavy (non-hydrogen) atoms. The number of hydrogen-bond donors (Lipinski definition) is 1. The summed E-state index contributed by atoms with van der Waals surface area (Å²) in [4.78, 5) is 23.7. The maximum Gasteiger partial charge on any atom is 0.328 e. The number of benzene rings is 1. The molecule has 0 aliphatic carbocycles. The molecule has 0 unspecified atom stereocenters. The standard InChI is InChI=1S/C15H19N3O2/c1-2-8-17-9-10-18(15(17)20)12-14(19)16-11-13-6-4-3-5-7-13/h3-7,9-10H,2,8,11-12H2,1H3,(H,16,19). The van der Waals surface area contributed by atoms with Crippen molar-refractivity contribution >= 4 is 5.91 Å². The minimum Gasteiger partial charge on any atom is -0.350 e. The topological polar surface area (TPSA) is 56.0 Å². The van der Waals surface area contributed by atoms with E-state index in [0.717, 1.165) is 12.0 Å². The molecule has 5 nitrogen and oxygen atoms in total. The van der Waals surface area contributed by atoms with Crippen LogP contribution in [0.4, 0.5) is 0 Å². The number of carbonyl (C=O) groups excluding carboxylic acids is 1. The molecule has 0 saturated carbocycles. The van der Waals surface area contributed by atoms with Gasteiger partial charge in [0.05, 0.1) is 0 Å². The predicted molar refractivity (Wildman–Crippen MR) is 77.3 cm³/mol. The van der Waals surface area contributed by atoms with Crippen LogP contribution in [0.1, 0.15) is 18.9 Å². The zero-order valence-corrected chi connectivity index (χ0v) is 11.6. The molecule has 1 aromatic heterocycles. The van der Waals surface area contributed by atoms with E-state index in [4.69, 9.17) is 0 Å². The molecule has 1 N–H and O–H groups in total. The zero-order valence-electron chi connectivity index (χ0n) is 11.6. The van der Waals surface area contributed by atoms with Crippen LogP contribution in [0, 0.1) is 0 Å². The van der Waals surface area contributed by atoms with Crippen molar-refractivity contribution < 1.29 is 4.79 Å². The fraction of sp³-hybridized carbons (Fsp3) is 0.333. The third kappa shape index (κ3) is 3.60. The molecule has 0 atom stereocenters. The van der Waals surface area contributed by atoms with Crippen molar-refractivity contribution in [3.8, 4) is 0 Å². The Labute approximate surface area is 117 Å². The van der Waals surface area contributed by atoms with Crippen molar-refractivity contribution in [2.45, 2.75) is 33.0 Å². The summed E-state index contributed by atoms with van der Waals surface area (Å²) in [7, 11) is 0. The Morgan fingerprint density at radius 3 is 2.55 bits per heavy atom. The van der Waals surface area contributed by atoms with Gasteiger partial charge >= 0.3 is 5.69 Å². The highest BCUT2D eigenvalue weighted by atomic mass is 16.2. The van der Waals surface area contributed by atoms with Crippen LogP contribution in [0.15, 0.2) is 47.5 Å². The number of rotatable bonds is 6. The first-order valence-electron chi connectivity index (χ1n) is 6.77. The first kappa shape index (κ1) is 14.1. The summed E-state index contributed by atoms with van der Waals surface area (Å²) in [5.74, 6) is -0.162. The van der Waals surface area contributed by atoms with Gasteiger partial charge in [0.25, 0.3) is 0 Å². The normalized spacial score (nSPS) is 10.4. The number of carbonyl (C=O) groups is 1. The van der Waals surface area contributed by atoms with Crippen molar-refractivity contribution in [2.75, 3.05) is 0 Å². The van der Waals surface area contributed by atoms with E-state index in [2.05, 4.69) is 5.32 Å². The molecule has 2 rings (SSSR count). The second-order valence-electron chi connectivity index (χ2n) is 4.66. The summed E-state index contributed by atoms with van der Waals surface area (Å²) < 4.78 is 3.04. The Hall–Kier alpha value is -2.30. The van der Waals surface area contributed by atoms with E-state index < -0.39 is 0 Å². The fourth-order valence-electron chi connectivity index (χ4n) is 1.99. The first-order chi connectivity index (χ1) is 9.70. The van der Waals surface area contributed by atoms with E-state index in [1.807, 2.05) is 37.3 Å². The highest BCUT2D eigenvalue weighted by Crippen LogP contribution is 1.97. The molecular formula is C15H19N3O2. The van der Waals surface area contributed by atoms with E-state index in [1.165, 1.54) is 4.57 Å². The largest absolute Gasteiger partial charge is 0.350 e. The Morgan fingerprint density at radius 1 is 1.15 bits per heavy atom. The summed E-state index contributed by atoms with van der Waals surface area (Å²) in [5.41, 5.74) is 0.901. The Morgan fingerprint density at radius 2 is 1.85 bits per heavy atom. The lowest BCUT2D eigenvalue weighted by molar-refractivity contribution is -0.121. The molecule has 0 aliphatic heterocycles. The summed E-state index contributed by atoms with van der Waals surface area (Å²) >= 11 is 0. The lowest BCUT2D eigenvalue weighted by Crippen LogP contribution is -2.32. The molecule has 1 amide bonds. The summed E-state index contributed by atoms with van der Waals surface area (Å²) in [6.07, 6.45) is 4.26. The SMILES string of the molecule is CCCn1ccn(CC(=O)NCc2ccccc2)c1=O. The quantitative estimate of drug-likeness (QED) is 0.864. The Balaban J connectivity index is 1.90. The van der Waals surface area contributed by atoms with Crippen molar-refractivity contribution in [1.82, 2.24) is 14.5 Å². The van der Waals surface area contributed by atoms with Crippen LogP contribution in [-0.2, 0) is 24.4 Å². The van der Waals surface area contributed by atoms with Crippen LogP contribution < -0.4 is 11.0 Å². The molecule has 106 valence electrons. The number of aromatic nitrogens is 2. The fourth-order valence-corrected chi connectivity index (χ4v) is 1.99. The molecule has 2 aromatic rings. The van der Waals surface area contributed by atoms with Crippen LogP contribution in [0.25, 0.3) is 0 Å². The van der Waals surface area contributed by atoms with Gasteiger partial charge in [-0.25, -0.2) is 4.79 Å². The number of hydrogen-bond acceptors (Lipinski definition) is 2. The van der Waals surface area contributed by atoms with Crippen LogP contribution in [-0.4, -0.2) is 15.0 Å². The maximum absolute atomic E-state index is 11.9. The first-order valence-corrected chi connectivity index (χ1v) is 6.77. The van der Waals surface area contributed by atoms with E-state index in [0.29, 0.717) is 13.1 Å². The van der Waals surface area contributed by atoms with Crippen molar-refractivity contribution in [2.24, 2.45) is 0 Å². The number of nitrogens with one attached hydrogen (secondary N) is 1. The maximum atomic E-state index is 11.9. The summed E-state index contributed by atoms with van der Waals surface area (Å²) in [5, 5.41) is 2.81. The van der Waals surface area contributed by atoms with Gasteiger partial charge in [0.1, 0.15) is 6.54 Å². The molecule has 1 heterocycles. The minimum atomic E-state index is -0.162. The van der Waals surface area contributed by atoms with E-state index in [1.54, 1.807) is 17.0 Å². The Kier molecular flexibility index (Phi) is 4.76. The Bertz CT molecular complexity index is 614. The third-order valence-electron chi connectivity index (χ3n) is 3.03. The highest BCUT2D eigenvalue weighted by Gasteiger charge is 2.07. The predicted octanol–water partition coefficient (Wildman–Crippen LogP) is 1.38. The molecule has 0 bridgehead atoms. The average molecular weight is 273 g/mol. The van der Waals surface area contributed by atoms with Gasteiger partial charge in [-0.15, -0.1) is 0 Å². The molecule has 0 radical (unpaired) electrons. The number of nitrogens with zero attached hydrogens (tertiary/aromatic N) is 2. The second kappa shape index (κ2) is 6.75. The average Bonchev–Trinajstić information content (AvgIpc) is 2.80. The van der Waals surface area contributed by atoms with Crippen molar-refractivity contribution in [3.05, 3.63) is 58.8 Å². The minimum absolute atomic E-state index is 0.0579. The van der Waals surface area contributed by atoms with Gasteiger partial charge in [0.2, 0.25) is 5.91 Å². The zero-order chi connectivity index (χ0) is 14.4. The van der Waals surface area contributed by atoms with Crippen molar-refractivity contribution in [3.63, 3.8) is 0 Å². The summed E-state index contributed by atoms with van der Waals surface area (Å²) in [6.45, 7) is 3.22. The van der Waals surface area contributed by atoms with Crippen LogP contribution >= 0.6 is 0 Å². The van der Waals surface area contributed by atoms with Crippen molar-refractivity contribution in [1.29, 1.82) is 0 Å². The van der Waals surface area contributed by atoms with Gasteiger partial charge in [-0.1, -0.05) is 37.3 Å². The van der Waals surface area contributed by atoms with Gasteiger partial charge in [0, 0.05) is 25.5 Å². The van der Waals surface area contributed by atoms with E-state index in [9.17, 15) is 9.59 Å². The monoisotopic (exact) mass is 273 g/mol. The number of imidazole rings is 1. The van der Waals surface area contributed by atoms with Crippen LogP contribution in [0.5, 0.6) is 0 Å². The molecular weight excluding hydrogens is 254 g/mol. The van der Waals surface area contributed by atoms with Gasteiger partial charge in [-0.2, -0.15) is 0 Å². The molecule has 0 fully saturated rings. The number of aryl methyl sites for hydroxylation is 1. The number of amides is 1. The lowest BCUT2D eigenvalue weighted by atomic mass is 10.2.